The molecule has 2 fully saturated rings. The van der Waals surface area contributed by atoms with Gasteiger partial charge in [-0.15, -0.1) is 0 Å². The second kappa shape index (κ2) is 12.6. The van der Waals surface area contributed by atoms with Gasteiger partial charge in [0.05, 0.1) is 30.8 Å². The molecular formula is C34H28O10. The number of carbonyl (C=O) groups is 5. The quantitative estimate of drug-likeness (QED) is 0.0785. The van der Waals surface area contributed by atoms with Gasteiger partial charge in [0.1, 0.15) is 18.1 Å². The Hall–Kier alpha value is -5.09. The summed E-state index contributed by atoms with van der Waals surface area (Å²) in [6, 6.07) is 21.4. The molecule has 0 amide bonds. The minimum atomic E-state index is -0.790. The van der Waals surface area contributed by atoms with Crippen molar-refractivity contribution in [1.29, 1.82) is 0 Å². The highest BCUT2D eigenvalue weighted by Crippen LogP contribution is 2.51. The minimum absolute atomic E-state index is 0.00911. The van der Waals surface area contributed by atoms with Gasteiger partial charge in [-0.25, -0.2) is 0 Å². The van der Waals surface area contributed by atoms with Crippen LogP contribution in [0.25, 0.3) is 6.08 Å². The van der Waals surface area contributed by atoms with Gasteiger partial charge in [-0.1, -0.05) is 54.6 Å². The summed E-state index contributed by atoms with van der Waals surface area (Å²) in [7, 11) is 0. The second-order valence-corrected chi connectivity index (χ2v) is 10.7. The monoisotopic (exact) mass is 596 g/mol. The zero-order valence-corrected chi connectivity index (χ0v) is 23.5. The van der Waals surface area contributed by atoms with E-state index in [1.54, 1.807) is 48.5 Å². The zero-order chi connectivity index (χ0) is 30.6. The van der Waals surface area contributed by atoms with Crippen molar-refractivity contribution >= 4 is 35.7 Å². The average Bonchev–Trinajstić information content (AvgIpc) is 3.53. The SMILES string of the molecule is O=C1CC(C2CC3C(=O)OC(=O)C3c3cc(OCCOCOc4ccc(/C=C/C(=O)c5ccccc5)cc4)ccc32)C(=O)O1. The molecule has 0 bridgehead atoms. The Labute approximate surface area is 252 Å². The Kier molecular flexibility index (Phi) is 8.33. The summed E-state index contributed by atoms with van der Waals surface area (Å²) in [4.78, 5) is 61.3. The lowest BCUT2D eigenvalue weighted by Crippen LogP contribution is -2.31. The fourth-order valence-corrected chi connectivity index (χ4v) is 5.88. The van der Waals surface area contributed by atoms with Crippen molar-refractivity contribution in [3.05, 3.63) is 101 Å². The highest BCUT2D eigenvalue weighted by atomic mass is 16.7. The third-order valence-corrected chi connectivity index (χ3v) is 8.02. The van der Waals surface area contributed by atoms with E-state index in [-0.39, 0.29) is 38.6 Å². The van der Waals surface area contributed by atoms with E-state index in [4.69, 9.17) is 23.7 Å². The summed E-state index contributed by atoms with van der Waals surface area (Å²) in [6.45, 7) is 0.390. The van der Waals surface area contributed by atoms with Crippen molar-refractivity contribution in [3.63, 3.8) is 0 Å². The fraction of sp³-hybridized carbons (Fsp3) is 0.265. The molecule has 2 saturated heterocycles. The topological polar surface area (TPSA) is 132 Å². The molecule has 10 nitrogen and oxygen atoms in total. The van der Waals surface area contributed by atoms with Crippen LogP contribution in [0, 0.1) is 11.8 Å². The molecule has 2 aliphatic heterocycles. The first-order valence-corrected chi connectivity index (χ1v) is 14.2. The molecule has 0 aromatic heterocycles. The fourth-order valence-electron chi connectivity index (χ4n) is 5.88. The molecule has 2 heterocycles. The molecule has 4 atom stereocenters. The van der Waals surface area contributed by atoms with E-state index in [0.29, 0.717) is 28.2 Å². The van der Waals surface area contributed by atoms with Gasteiger partial charge in [-0.05, 0) is 59.4 Å². The lowest BCUT2D eigenvalue weighted by molar-refractivity contribution is -0.155. The lowest BCUT2D eigenvalue weighted by atomic mass is 9.67. The number of ketones is 1. The third kappa shape index (κ3) is 6.16. The maximum atomic E-state index is 12.5. The van der Waals surface area contributed by atoms with Gasteiger partial charge in [-0.2, -0.15) is 0 Å². The van der Waals surface area contributed by atoms with Crippen LogP contribution in [0.4, 0.5) is 0 Å². The number of benzene rings is 3. The lowest BCUT2D eigenvalue weighted by Gasteiger charge is -2.33. The number of carbonyl (C=O) groups excluding carboxylic acids is 5. The predicted octanol–water partition coefficient (Wildman–Crippen LogP) is 4.37. The standard InChI is InChI=1S/C34H28O10/c35-29(21-4-2-1-3-5-21)13-8-20-6-9-22(10-7-20)42-19-40-14-15-41-23-11-12-24-25(27-18-30(36)43-32(27)37)17-28-31(26(24)16-23)34(39)44-33(28)38/h1-13,16,25,27-28,31H,14-15,17-19H2/b13-8+. The van der Waals surface area contributed by atoms with Crippen LogP contribution in [0.15, 0.2) is 78.9 Å². The molecule has 1 aliphatic carbocycles. The summed E-state index contributed by atoms with van der Waals surface area (Å²) in [5, 5.41) is 0. The Bertz CT molecular complexity index is 1630. The van der Waals surface area contributed by atoms with Crippen molar-refractivity contribution in [2.75, 3.05) is 20.0 Å². The van der Waals surface area contributed by atoms with E-state index >= 15 is 0 Å². The van der Waals surface area contributed by atoms with Crippen molar-refractivity contribution in [2.24, 2.45) is 11.8 Å². The molecule has 10 heteroatoms. The van der Waals surface area contributed by atoms with E-state index in [1.165, 1.54) is 6.08 Å². The van der Waals surface area contributed by atoms with Crippen LogP contribution in [0.2, 0.25) is 0 Å². The van der Waals surface area contributed by atoms with Gasteiger partial charge in [0.25, 0.3) is 0 Å². The van der Waals surface area contributed by atoms with Crippen LogP contribution < -0.4 is 9.47 Å². The number of fused-ring (bicyclic) bond motifs is 3. The molecule has 0 N–H and O–H groups in total. The summed E-state index contributed by atoms with van der Waals surface area (Å²) in [6.07, 6.45) is 3.42. The third-order valence-electron chi connectivity index (χ3n) is 8.02. The minimum Gasteiger partial charge on any atom is -0.491 e. The highest BCUT2D eigenvalue weighted by Gasteiger charge is 2.53. The summed E-state index contributed by atoms with van der Waals surface area (Å²) < 4.78 is 26.6. The van der Waals surface area contributed by atoms with Crippen LogP contribution in [0.3, 0.4) is 0 Å². The highest BCUT2D eigenvalue weighted by molar-refractivity contribution is 6.06. The van der Waals surface area contributed by atoms with Crippen LogP contribution in [-0.2, 0) is 33.4 Å². The van der Waals surface area contributed by atoms with E-state index in [2.05, 4.69) is 0 Å². The summed E-state index contributed by atoms with van der Waals surface area (Å²) >= 11 is 0. The average molecular weight is 597 g/mol. The zero-order valence-electron chi connectivity index (χ0n) is 23.5. The van der Waals surface area contributed by atoms with Gasteiger partial charge in [0, 0.05) is 5.56 Å². The molecule has 3 aliphatic rings. The largest absolute Gasteiger partial charge is 0.491 e. The predicted molar refractivity (Wildman–Crippen MR) is 154 cm³/mol. The second-order valence-electron chi connectivity index (χ2n) is 10.7. The molecule has 4 unspecified atom stereocenters. The maximum Gasteiger partial charge on any atom is 0.321 e. The summed E-state index contributed by atoms with van der Waals surface area (Å²) in [5.74, 6) is -4.20. The van der Waals surface area contributed by atoms with Crippen molar-refractivity contribution in [3.8, 4) is 11.5 Å². The number of hydrogen-bond donors (Lipinski definition) is 0. The van der Waals surface area contributed by atoms with Crippen LogP contribution in [0.5, 0.6) is 11.5 Å². The molecule has 44 heavy (non-hydrogen) atoms. The van der Waals surface area contributed by atoms with Crippen LogP contribution in [-0.4, -0.2) is 49.7 Å². The van der Waals surface area contributed by atoms with Gasteiger partial charge in [0.2, 0.25) is 0 Å². The van der Waals surface area contributed by atoms with E-state index in [1.807, 2.05) is 30.3 Å². The Morgan fingerprint density at radius 1 is 0.750 bits per heavy atom. The van der Waals surface area contributed by atoms with Gasteiger partial charge < -0.3 is 23.7 Å². The van der Waals surface area contributed by atoms with Crippen LogP contribution in [0.1, 0.15) is 51.7 Å². The molecule has 3 aromatic rings. The molecule has 0 radical (unpaired) electrons. The number of cyclic esters (lactones) is 4. The maximum absolute atomic E-state index is 12.5. The Morgan fingerprint density at radius 3 is 2.25 bits per heavy atom. The molecule has 0 spiro atoms. The van der Waals surface area contributed by atoms with Gasteiger partial charge in [0.15, 0.2) is 12.6 Å². The van der Waals surface area contributed by atoms with Crippen LogP contribution >= 0.6 is 0 Å². The normalized spacial score (nSPS) is 22.4. The van der Waals surface area contributed by atoms with Crippen molar-refractivity contribution in [2.45, 2.75) is 24.7 Å². The van der Waals surface area contributed by atoms with E-state index in [0.717, 1.165) is 5.56 Å². The smallest absolute Gasteiger partial charge is 0.321 e. The van der Waals surface area contributed by atoms with E-state index < -0.39 is 47.5 Å². The number of ether oxygens (including phenoxy) is 5. The number of allylic oxidation sites excluding steroid dienone is 1. The molecule has 6 rings (SSSR count). The molecular weight excluding hydrogens is 568 g/mol. The first kappa shape index (κ1) is 29.0. The molecule has 224 valence electrons. The van der Waals surface area contributed by atoms with E-state index in [9.17, 15) is 24.0 Å². The van der Waals surface area contributed by atoms with Gasteiger partial charge >= 0.3 is 23.9 Å². The first-order chi connectivity index (χ1) is 21.4. The Balaban J connectivity index is 1.000. The molecule has 3 aromatic carbocycles. The number of rotatable bonds is 11. The van der Waals surface area contributed by atoms with Gasteiger partial charge in [-0.3, -0.25) is 24.0 Å². The molecule has 0 saturated carbocycles. The number of esters is 4. The summed E-state index contributed by atoms with van der Waals surface area (Å²) in [5.41, 5.74) is 2.74. The number of hydrogen-bond acceptors (Lipinski definition) is 10. The van der Waals surface area contributed by atoms with Crippen molar-refractivity contribution in [1.82, 2.24) is 0 Å². The Morgan fingerprint density at radius 2 is 1.50 bits per heavy atom. The first-order valence-electron chi connectivity index (χ1n) is 14.2. The van der Waals surface area contributed by atoms with Crippen molar-refractivity contribution < 1.29 is 47.7 Å².